The van der Waals surface area contributed by atoms with Crippen molar-refractivity contribution in [2.24, 2.45) is 0 Å². The number of rotatable bonds is 3. The molecule has 6 nitrogen and oxygen atoms in total. The highest BCUT2D eigenvalue weighted by molar-refractivity contribution is 6.30. The molecule has 0 spiro atoms. The maximum Gasteiger partial charge on any atom is 0.185 e. The Morgan fingerprint density at radius 2 is 1.54 bits per heavy atom. The molecule has 8 heteroatoms. The minimum Gasteiger partial charge on any atom is -0.394 e. The number of halogens is 2. The van der Waals surface area contributed by atoms with Crippen LogP contribution in [0, 0.1) is 0 Å². The molecule has 2 aliphatic heterocycles. The molecule has 2 fully saturated rings. The zero-order chi connectivity index (χ0) is 19.7. The second kappa shape index (κ2) is 8.65. The van der Waals surface area contributed by atoms with Crippen molar-refractivity contribution in [3.05, 3.63) is 69.7 Å². The fourth-order valence-electron chi connectivity index (χ4n) is 3.39. The molecule has 0 saturated carbocycles. The Kier molecular flexibility index (Phi) is 6.20. The number of ether oxygens (including phenoxy) is 4. The lowest BCUT2D eigenvalue weighted by atomic mass is 10.0. The van der Waals surface area contributed by atoms with Crippen LogP contribution in [-0.4, -0.2) is 47.8 Å². The highest BCUT2D eigenvalue weighted by Crippen LogP contribution is 2.37. The molecule has 0 radical (unpaired) electrons. The molecule has 2 heterocycles. The molecule has 2 saturated heterocycles. The van der Waals surface area contributed by atoms with Crippen molar-refractivity contribution < 1.29 is 29.2 Å². The molecule has 2 aromatic carbocycles. The second-order valence-electron chi connectivity index (χ2n) is 6.73. The van der Waals surface area contributed by atoms with Crippen molar-refractivity contribution in [1.29, 1.82) is 0 Å². The van der Waals surface area contributed by atoms with E-state index in [1.165, 1.54) is 0 Å². The van der Waals surface area contributed by atoms with Crippen LogP contribution in [0.25, 0.3) is 0 Å². The van der Waals surface area contributed by atoms with Gasteiger partial charge in [0, 0.05) is 21.2 Å². The summed E-state index contributed by atoms with van der Waals surface area (Å²) >= 11 is 12.1. The molecule has 2 aliphatic rings. The molecule has 0 bridgehead atoms. The summed E-state index contributed by atoms with van der Waals surface area (Å²) in [5, 5.41) is 21.6. The van der Waals surface area contributed by atoms with Crippen LogP contribution in [-0.2, 0) is 18.9 Å². The average molecular weight is 427 g/mol. The summed E-state index contributed by atoms with van der Waals surface area (Å²) in [6.07, 6.45) is -4.87. The highest BCUT2D eigenvalue weighted by atomic mass is 35.5. The molecule has 150 valence electrons. The van der Waals surface area contributed by atoms with E-state index in [0.717, 1.165) is 5.56 Å². The van der Waals surface area contributed by atoms with E-state index in [9.17, 15) is 10.2 Å². The number of aliphatic hydroxyl groups excluding tert-OH is 2. The number of hydrogen-bond donors (Lipinski definition) is 2. The van der Waals surface area contributed by atoms with Crippen LogP contribution in [0.4, 0.5) is 0 Å². The van der Waals surface area contributed by atoms with Gasteiger partial charge in [-0.3, -0.25) is 0 Å². The van der Waals surface area contributed by atoms with Crippen molar-refractivity contribution in [1.82, 2.24) is 0 Å². The molecule has 2 N–H and O–H groups in total. The highest BCUT2D eigenvalue weighted by Gasteiger charge is 2.46. The predicted octanol–water partition coefficient (Wildman–Crippen LogP) is 3.24. The summed E-state index contributed by atoms with van der Waals surface area (Å²) in [5.74, 6) is 0. The average Bonchev–Trinajstić information content (AvgIpc) is 2.84. The van der Waals surface area contributed by atoms with Gasteiger partial charge in [0.05, 0.1) is 13.2 Å². The molecule has 0 aromatic heterocycles. The Morgan fingerprint density at radius 3 is 2.14 bits per heavy atom. The number of hydrogen-bond acceptors (Lipinski definition) is 6. The van der Waals surface area contributed by atoms with Gasteiger partial charge in [0.1, 0.15) is 24.4 Å². The zero-order valence-electron chi connectivity index (χ0n) is 14.8. The summed E-state index contributed by atoms with van der Waals surface area (Å²) in [6.45, 7) is -0.214. The summed E-state index contributed by atoms with van der Waals surface area (Å²) in [5.41, 5.74) is 1.41. The van der Waals surface area contributed by atoms with E-state index in [1.807, 2.05) is 6.07 Å². The second-order valence-corrected chi connectivity index (χ2v) is 7.60. The van der Waals surface area contributed by atoms with Gasteiger partial charge in [-0.05, 0) is 24.3 Å². The van der Waals surface area contributed by atoms with Gasteiger partial charge in [0.2, 0.25) is 0 Å². The van der Waals surface area contributed by atoms with Gasteiger partial charge in [-0.25, -0.2) is 0 Å². The van der Waals surface area contributed by atoms with Crippen LogP contribution in [0.5, 0.6) is 0 Å². The first-order valence-electron chi connectivity index (χ1n) is 8.93. The van der Waals surface area contributed by atoms with Crippen LogP contribution in [0.3, 0.4) is 0 Å². The summed E-state index contributed by atoms with van der Waals surface area (Å²) < 4.78 is 23.7. The topological polar surface area (TPSA) is 77.4 Å². The first-order chi connectivity index (χ1) is 13.5. The SMILES string of the molecule is OC[C@H]1OC(c2cccc(Cl)c2)O[C@H]2COC(c3cccc(Cl)c3)O[C@H]2[C@@H]1O. The van der Waals surface area contributed by atoms with Gasteiger partial charge in [0.25, 0.3) is 0 Å². The smallest absolute Gasteiger partial charge is 0.185 e. The van der Waals surface area contributed by atoms with Crippen molar-refractivity contribution in [2.75, 3.05) is 13.2 Å². The van der Waals surface area contributed by atoms with Crippen LogP contribution < -0.4 is 0 Å². The quantitative estimate of drug-likeness (QED) is 0.784. The zero-order valence-corrected chi connectivity index (χ0v) is 16.3. The van der Waals surface area contributed by atoms with E-state index >= 15 is 0 Å². The minimum atomic E-state index is -1.11. The lowest BCUT2D eigenvalue weighted by Gasteiger charge is -2.37. The minimum absolute atomic E-state index is 0.178. The molecule has 0 amide bonds. The third-order valence-electron chi connectivity index (χ3n) is 4.79. The van der Waals surface area contributed by atoms with Gasteiger partial charge in [-0.15, -0.1) is 0 Å². The van der Waals surface area contributed by atoms with Crippen LogP contribution in [0.1, 0.15) is 23.7 Å². The molecular weight excluding hydrogens is 407 g/mol. The van der Waals surface area contributed by atoms with Gasteiger partial charge in [0.15, 0.2) is 12.6 Å². The fraction of sp³-hybridized carbons (Fsp3) is 0.400. The first kappa shape index (κ1) is 20.1. The molecular formula is C20H20Cl2O6. The summed E-state index contributed by atoms with van der Waals surface area (Å²) in [6, 6.07) is 14.2. The van der Waals surface area contributed by atoms with E-state index in [-0.39, 0.29) is 6.61 Å². The molecule has 0 aliphatic carbocycles. The third-order valence-corrected chi connectivity index (χ3v) is 5.27. The number of aliphatic hydroxyl groups is 2. The van der Waals surface area contributed by atoms with E-state index in [2.05, 4.69) is 0 Å². The molecule has 6 atom stereocenters. The van der Waals surface area contributed by atoms with Crippen LogP contribution >= 0.6 is 23.2 Å². The van der Waals surface area contributed by atoms with E-state index in [0.29, 0.717) is 15.6 Å². The standard InChI is InChI=1S/C20H20Cl2O6/c21-13-5-1-3-11(7-13)19-25-10-16-18(28-19)17(24)15(9-23)26-20(27-16)12-4-2-6-14(22)8-12/h1-8,15-20,23-24H,9-10H2/t15-,16+,17-,18-,19?,20?/m1/s1. The Balaban J connectivity index is 1.58. The molecule has 2 unspecified atom stereocenters. The van der Waals surface area contributed by atoms with Crippen molar-refractivity contribution >= 4 is 23.2 Å². The van der Waals surface area contributed by atoms with Gasteiger partial charge in [-0.1, -0.05) is 47.5 Å². The summed E-state index contributed by atoms with van der Waals surface area (Å²) in [7, 11) is 0. The van der Waals surface area contributed by atoms with Gasteiger partial charge >= 0.3 is 0 Å². The molecule has 4 rings (SSSR count). The normalized spacial score (nSPS) is 33.1. The Bertz CT molecular complexity index is 819. The van der Waals surface area contributed by atoms with Crippen molar-refractivity contribution in [3.8, 4) is 0 Å². The van der Waals surface area contributed by atoms with Crippen molar-refractivity contribution in [2.45, 2.75) is 37.0 Å². The van der Waals surface area contributed by atoms with E-state index in [4.69, 9.17) is 42.1 Å². The van der Waals surface area contributed by atoms with Crippen LogP contribution in [0.15, 0.2) is 48.5 Å². The van der Waals surface area contributed by atoms with Gasteiger partial charge < -0.3 is 29.2 Å². The van der Waals surface area contributed by atoms with E-state index in [1.54, 1.807) is 42.5 Å². The lowest BCUT2D eigenvalue weighted by Crippen LogP contribution is -2.51. The van der Waals surface area contributed by atoms with E-state index < -0.39 is 43.6 Å². The Hall–Kier alpha value is -1.22. The molecule has 28 heavy (non-hydrogen) atoms. The maximum absolute atomic E-state index is 10.8. The Morgan fingerprint density at radius 1 is 0.893 bits per heavy atom. The number of benzene rings is 2. The lowest BCUT2D eigenvalue weighted by molar-refractivity contribution is -0.289. The monoisotopic (exact) mass is 426 g/mol. The van der Waals surface area contributed by atoms with Crippen LogP contribution in [0.2, 0.25) is 10.0 Å². The predicted molar refractivity (Wildman–Crippen MR) is 102 cm³/mol. The van der Waals surface area contributed by atoms with Crippen molar-refractivity contribution in [3.63, 3.8) is 0 Å². The molecule has 2 aromatic rings. The largest absolute Gasteiger partial charge is 0.394 e. The van der Waals surface area contributed by atoms with Gasteiger partial charge in [-0.2, -0.15) is 0 Å². The summed E-state index contributed by atoms with van der Waals surface area (Å²) in [4.78, 5) is 0. The first-order valence-corrected chi connectivity index (χ1v) is 9.68. The third kappa shape index (κ3) is 4.20. The number of fused-ring (bicyclic) bond motifs is 1. The fourth-order valence-corrected chi connectivity index (χ4v) is 3.79. The Labute approximate surface area is 172 Å². The maximum atomic E-state index is 10.8.